The number of rotatable bonds is 8. The van der Waals surface area contributed by atoms with E-state index in [-0.39, 0.29) is 6.04 Å². The Bertz CT molecular complexity index is 188. The molecule has 0 aliphatic carbocycles. The summed E-state index contributed by atoms with van der Waals surface area (Å²) in [4.78, 5) is 12.9. The van der Waals surface area contributed by atoms with Gasteiger partial charge in [-0.1, -0.05) is 6.92 Å². The van der Waals surface area contributed by atoms with E-state index in [0.29, 0.717) is 13.2 Å². The Balaban J connectivity index is 4.22. The average Bonchev–Trinajstić information content (AvgIpc) is 2.19. The highest BCUT2D eigenvalue weighted by atomic mass is 16.5. The van der Waals surface area contributed by atoms with Gasteiger partial charge >= 0.3 is 5.97 Å². The third-order valence-corrected chi connectivity index (χ3v) is 2.50. The van der Waals surface area contributed by atoms with Crippen LogP contribution in [0.3, 0.4) is 0 Å². The summed E-state index contributed by atoms with van der Waals surface area (Å²) in [7, 11) is 3.31. The number of carboxylic acid groups (broad SMARTS) is 1. The maximum Gasteiger partial charge on any atom is 0.322 e. The average molecular weight is 218 g/mol. The zero-order valence-corrected chi connectivity index (χ0v) is 9.99. The van der Waals surface area contributed by atoms with Crippen molar-refractivity contribution in [3.05, 3.63) is 0 Å². The van der Waals surface area contributed by atoms with E-state index in [0.717, 1.165) is 6.54 Å². The molecule has 0 radical (unpaired) electrons. The zero-order chi connectivity index (χ0) is 11.8. The second kappa shape index (κ2) is 7.62. The largest absolute Gasteiger partial charge is 0.480 e. The molecule has 0 spiro atoms. The molecule has 5 heteroatoms. The van der Waals surface area contributed by atoms with Crippen molar-refractivity contribution in [1.82, 2.24) is 10.2 Å². The van der Waals surface area contributed by atoms with Gasteiger partial charge in [-0.3, -0.25) is 9.69 Å². The van der Waals surface area contributed by atoms with E-state index in [1.165, 1.54) is 0 Å². The van der Waals surface area contributed by atoms with E-state index in [4.69, 9.17) is 9.84 Å². The SMILES string of the molecule is CCN(CC(NC)C(=O)O)C(C)COC. The molecule has 2 N–H and O–H groups in total. The smallest absolute Gasteiger partial charge is 0.322 e. The normalized spacial score (nSPS) is 15.3. The van der Waals surface area contributed by atoms with Crippen molar-refractivity contribution in [2.75, 3.05) is 33.9 Å². The maximum atomic E-state index is 10.8. The number of methoxy groups -OCH3 is 1. The fourth-order valence-corrected chi connectivity index (χ4v) is 1.49. The summed E-state index contributed by atoms with van der Waals surface area (Å²) >= 11 is 0. The minimum absolute atomic E-state index is 0.232. The highest BCUT2D eigenvalue weighted by Crippen LogP contribution is 2.01. The van der Waals surface area contributed by atoms with Crippen molar-refractivity contribution in [3.63, 3.8) is 0 Å². The predicted molar refractivity (Wildman–Crippen MR) is 59.1 cm³/mol. The number of hydrogen-bond acceptors (Lipinski definition) is 4. The molecule has 15 heavy (non-hydrogen) atoms. The summed E-state index contributed by atoms with van der Waals surface area (Å²) in [6.07, 6.45) is 0. The first kappa shape index (κ1) is 14.3. The molecule has 2 unspecified atom stereocenters. The topological polar surface area (TPSA) is 61.8 Å². The van der Waals surface area contributed by atoms with Crippen LogP contribution in [-0.4, -0.2) is 61.9 Å². The number of hydrogen-bond donors (Lipinski definition) is 2. The lowest BCUT2D eigenvalue weighted by atomic mass is 10.2. The van der Waals surface area contributed by atoms with Gasteiger partial charge in [-0.2, -0.15) is 0 Å². The van der Waals surface area contributed by atoms with Gasteiger partial charge in [0.15, 0.2) is 0 Å². The van der Waals surface area contributed by atoms with E-state index in [9.17, 15) is 4.79 Å². The Hall–Kier alpha value is -0.650. The lowest BCUT2D eigenvalue weighted by Gasteiger charge is -2.29. The molecule has 0 saturated heterocycles. The predicted octanol–water partition coefficient (Wildman–Crippen LogP) is 0.0158. The maximum absolute atomic E-state index is 10.8. The van der Waals surface area contributed by atoms with Gasteiger partial charge in [0.25, 0.3) is 0 Å². The Kier molecular flexibility index (Phi) is 7.29. The van der Waals surface area contributed by atoms with Crippen molar-refractivity contribution in [3.8, 4) is 0 Å². The van der Waals surface area contributed by atoms with Gasteiger partial charge in [-0.05, 0) is 20.5 Å². The first-order valence-corrected chi connectivity index (χ1v) is 5.19. The highest BCUT2D eigenvalue weighted by Gasteiger charge is 2.21. The Labute approximate surface area is 91.4 Å². The van der Waals surface area contributed by atoms with Crippen LogP contribution in [0, 0.1) is 0 Å². The lowest BCUT2D eigenvalue weighted by Crippen LogP contribution is -2.48. The molecule has 0 aromatic heterocycles. The number of ether oxygens (including phenoxy) is 1. The molecule has 0 amide bonds. The van der Waals surface area contributed by atoms with Crippen LogP contribution in [0.4, 0.5) is 0 Å². The molecular formula is C10H22N2O3. The van der Waals surface area contributed by atoms with Crippen molar-refractivity contribution < 1.29 is 14.6 Å². The fraction of sp³-hybridized carbons (Fsp3) is 0.900. The summed E-state index contributed by atoms with van der Waals surface area (Å²) in [5, 5.41) is 11.7. The molecule has 0 rings (SSSR count). The molecule has 0 aromatic carbocycles. The molecule has 0 aliphatic heterocycles. The number of carbonyl (C=O) groups is 1. The highest BCUT2D eigenvalue weighted by molar-refractivity contribution is 5.73. The zero-order valence-electron chi connectivity index (χ0n) is 9.99. The van der Waals surface area contributed by atoms with Gasteiger partial charge in [-0.15, -0.1) is 0 Å². The molecule has 0 saturated carbocycles. The van der Waals surface area contributed by atoms with Crippen molar-refractivity contribution >= 4 is 5.97 Å². The summed E-state index contributed by atoms with van der Waals surface area (Å²) in [5.41, 5.74) is 0. The summed E-state index contributed by atoms with van der Waals surface area (Å²) in [6, 6.07) is -0.292. The molecule has 0 heterocycles. The van der Waals surface area contributed by atoms with E-state index in [2.05, 4.69) is 10.2 Å². The molecule has 0 aromatic rings. The molecular weight excluding hydrogens is 196 g/mol. The molecule has 5 nitrogen and oxygen atoms in total. The van der Waals surface area contributed by atoms with Gasteiger partial charge in [0.1, 0.15) is 6.04 Å². The lowest BCUT2D eigenvalue weighted by molar-refractivity contribution is -0.140. The molecule has 0 bridgehead atoms. The standard InChI is InChI=1S/C10H22N2O3/c1-5-12(8(2)7-15-4)6-9(11-3)10(13)14/h8-9,11H,5-7H2,1-4H3,(H,13,14). The molecule has 90 valence electrons. The molecule has 0 fully saturated rings. The van der Waals surface area contributed by atoms with Crippen LogP contribution in [0.2, 0.25) is 0 Å². The summed E-state index contributed by atoms with van der Waals surface area (Å²) < 4.78 is 5.05. The number of nitrogens with one attached hydrogen (secondary N) is 1. The van der Waals surface area contributed by atoms with Crippen LogP contribution < -0.4 is 5.32 Å². The van der Waals surface area contributed by atoms with Crippen LogP contribution in [0.5, 0.6) is 0 Å². The van der Waals surface area contributed by atoms with E-state index in [1.807, 2.05) is 13.8 Å². The van der Waals surface area contributed by atoms with Gasteiger partial charge in [0.2, 0.25) is 0 Å². The van der Waals surface area contributed by atoms with Crippen LogP contribution in [0.15, 0.2) is 0 Å². The molecule has 0 aliphatic rings. The van der Waals surface area contributed by atoms with Gasteiger partial charge in [-0.25, -0.2) is 0 Å². The first-order chi connectivity index (χ1) is 7.06. The van der Waals surface area contributed by atoms with Crippen molar-refractivity contribution in [2.45, 2.75) is 25.9 Å². The minimum atomic E-state index is -0.819. The number of likely N-dealkylation sites (N-methyl/N-ethyl adjacent to an activating group) is 2. The number of nitrogens with zero attached hydrogens (tertiary/aromatic N) is 1. The fourth-order valence-electron chi connectivity index (χ4n) is 1.49. The van der Waals surface area contributed by atoms with E-state index >= 15 is 0 Å². The van der Waals surface area contributed by atoms with E-state index in [1.54, 1.807) is 14.2 Å². The number of carboxylic acids is 1. The third-order valence-electron chi connectivity index (χ3n) is 2.50. The third kappa shape index (κ3) is 5.11. The Morgan fingerprint density at radius 2 is 2.20 bits per heavy atom. The van der Waals surface area contributed by atoms with Crippen molar-refractivity contribution in [2.24, 2.45) is 0 Å². The quantitative estimate of drug-likeness (QED) is 0.601. The second-order valence-corrected chi connectivity index (χ2v) is 3.57. The monoisotopic (exact) mass is 218 g/mol. The Morgan fingerprint density at radius 3 is 2.53 bits per heavy atom. The Morgan fingerprint density at radius 1 is 1.60 bits per heavy atom. The van der Waals surface area contributed by atoms with Crippen LogP contribution >= 0.6 is 0 Å². The number of aliphatic carboxylic acids is 1. The first-order valence-electron chi connectivity index (χ1n) is 5.19. The van der Waals surface area contributed by atoms with E-state index < -0.39 is 12.0 Å². The second-order valence-electron chi connectivity index (χ2n) is 3.57. The molecule has 2 atom stereocenters. The van der Waals surface area contributed by atoms with Gasteiger partial charge in [0.05, 0.1) is 6.61 Å². The summed E-state index contributed by atoms with van der Waals surface area (Å²) in [5.74, 6) is -0.819. The van der Waals surface area contributed by atoms with Crippen molar-refractivity contribution in [1.29, 1.82) is 0 Å². The summed E-state index contributed by atoms with van der Waals surface area (Å²) in [6.45, 7) is 5.97. The van der Waals surface area contributed by atoms with Gasteiger partial charge < -0.3 is 15.2 Å². The van der Waals surface area contributed by atoms with Crippen LogP contribution in [-0.2, 0) is 9.53 Å². The van der Waals surface area contributed by atoms with Crippen LogP contribution in [0.1, 0.15) is 13.8 Å². The van der Waals surface area contributed by atoms with Gasteiger partial charge in [0, 0.05) is 19.7 Å². The van der Waals surface area contributed by atoms with Crippen LogP contribution in [0.25, 0.3) is 0 Å². The minimum Gasteiger partial charge on any atom is -0.480 e.